The molecule has 204 valence electrons. The molecule has 0 spiro atoms. The van der Waals surface area contributed by atoms with Crippen LogP contribution in [0.3, 0.4) is 0 Å². The van der Waals surface area contributed by atoms with Crippen molar-refractivity contribution in [2.24, 2.45) is 5.73 Å². The van der Waals surface area contributed by atoms with Gasteiger partial charge in [-0.1, -0.05) is 26.2 Å². The van der Waals surface area contributed by atoms with Crippen LogP contribution < -0.4 is 33.4 Å². The zero-order valence-electron chi connectivity index (χ0n) is 21.3. The monoisotopic (exact) mass is 502 g/mol. The van der Waals surface area contributed by atoms with Gasteiger partial charge in [-0.3, -0.25) is 0 Å². The predicted octanol–water partition coefficient (Wildman–Crippen LogP) is -1.84. The lowest BCUT2D eigenvalue weighted by Gasteiger charge is -2.19. The van der Waals surface area contributed by atoms with Gasteiger partial charge in [0.25, 0.3) is 0 Å². The summed E-state index contributed by atoms with van der Waals surface area (Å²) >= 11 is 0. The molecule has 0 saturated carbocycles. The average Bonchev–Trinajstić information content (AvgIpc) is 2.84. The fourth-order valence-corrected chi connectivity index (χ4v) is 3.77. The van der Waals surface area contributed by atoms with Gasteiger partial charge in [0.05, 0.1) is 37.9 Å². The van der Waals surface area contributed by atoms with Crippen molar-refractivity contribution in [2.75, 3.05) is 33.2 Å². The number of aliphatic hydroxyl groups excluding tert-OH is 3. The molecule has 7 N–H and O–H groups in total. The molecule has 1 heterocycles. The number of unbranched alkanes of at least 4 members (excludes halogenated alkanes) is 4. The maximum atomic E-state index is 13.0. The molecule has 1 aromatic heterocycles. The van der Waals surface area contributed by atoms with Crippen LogP contribution >= 0.6 is 0 Å². The van der Waals surface area contributed by atoms with Crippen LogP contribution in [0.2, 0.25) is 0 Å². The van der Waals surface area contributed by atoms with Gasteiger partial charge in [-0.25, -0.2) is 28.1 Å². The quantitative estimate of drug-likeness (QED) is 0.112. The SMILES string of the molecule is CCC(O)Cn1c(=O)n(CC(O)CCCCCCNC)c(=O)n(CC(O)CNCCCCN)c1=O. The summed E-state index contributed by atoms with van der Waals surface area (Å²) in [5.74, 6) is 0. The van der Waals surface area contributed by atoms with Crippen molar-refractivity contribution in [2.45, 2.75) is 96.2 Å². The molecule has 35 heavy (non-hydrogen) atoms. The van der Waals surface area contributed by atoms with Gasteiger partial charge in [0, 0.05) is 6.54 Å². The zero-order chi connectivity index (χ0) is 26.2. The first-order chi connectivity index (χ1) is 16.8. The second-order valence-electron chi connectivity index (χ2n) is 9.06. The smallest absolute Gasteiger partial charge is 0.336 e. The fraction of sp³-hybridized carbons (Fsp3) is 0.870. The first-order valence-electron chi connectivity index (χ1n) is 12.8. The van der Waals surface area contributed by atoms with E-state index in [1.54, 1.807) is 6.92 Å². The van der Waals surface area contributed by atoms with Crippen LogP contribution in [-0.2, 0) is 19.6 Å². The molecule has 3 unspecified atom stereocenters. The Morgan fingerprint density at radius 2 is 1.26 bits per heavy atom. The Morgan fingerprint density at radius 1 is 0.743 bits per heavy atom. The van der Waals surface area contributed by atoms with Gasteiger partial charge in [0.1, 0.15) is 0 Å². The maximum absolute atomic E-state index is 13.0. The first-order valence-corrected chi connectivity index (χ1v) is 12.8. The highest BCUT2D eigenvalue weighted by atomic mass is 16.3. The summed E-state index contributed by atoms with van der Waals surface area (Å²) in [6.07, 6.45) is 3.19. The first kappa shape index (κ1) is 31.2. The van der Waals surface area contributed by atoms with Gasteiger partial charge in [-0.15, -0.1) is 0 Å². The van der Waals surface area contributed by atoms with Crippen LogP contribution in [0.4, 0.5) is 0 Å². The minimum atomic E-state index is -1.05. The highest BCUT2D eigenvalue weighted by molar-refractivity contribution is 4.82. The van der Waals surface area contributed by atoms with Gasteiger partial charge >= 0.3 is 17.1 Å². The number of nitrogens with two attached hydrogens (primary N) is 1. The van der Waals surface area contributed by atoms with Gasteiger partial charge in [-0.05, 0) is 58.8 Å². The summed E-state index contributed by atoms with van der Waals surface area (Å²) in [6.45, 7) is 3.16. The average molecular weight is 503 g/mol. The summed E-state index contributed by atoms with van der Waals surface area (Å²) in [5, 5.41) is 37.0. The van der Waals surface area contributed by atoms with E-state index in [0.29, 0.717) is 25.9 Å². The lowest BCUT2D eigenvalue weighted by atomic mass is 10.1. The molecule has 12 heteroatoms. The number of aromatic nitrogens is 3. The Labute approximate surface area is 206 Å². The highest BCUT2D eigenvalue weighted by Gasteiger charge is 2.21. The van der Waals surface area contributed by atoms with Crippen LogP contribution in [0.5, 0.6) is 0 Å². The minimum Gasteiger partial charge on any atom is -0.391 e. The molecule has 12 nitrogen and oxygen atoms in total. The molecule has 0 bridgehead atoms. The molecule has 0 aliphatic carbocycles. The van der Waals surface area contributed by atoms with Crippen LogP contribution in [0.25, 0.3) is 0 Å². The van der Waals surface area contributed by atoms with Gasteiger partial charge in [-0.2, -0.15) is 0 Å². The van der Waals surface area contributed by atoms with E-state index in [-0.39, 0.29) is 26.2 Å². The van der Waals surface area contributed by atoms with Crippen molar-refractivity contribution in [3.05, 3.63) is 31.5 Å². The lowest BCUT2D eigenvalue weighted by Crippen LogP contribution is -2.57. The Morgan fingerprint density at radius 3 is 1.80 bits per heavy atom. The third kappa shape index (κ3) is 11.2. The summed E-state index contributed by atoms with van der Waals surface area (Å²) in [4.78, 5) is 38.9. The second kappa shape index (κ2) is 17.6. The van der Waals surface area contributed by atoms with E-state index in [2.05, 4.69) is 10.6 Å². The number of hydrogen-bond acceptors (Lipinski definition) is 9. The van der Waals surface area contributed by atoms with Crippen molar-refractivity contribution in [1.29, 1.82) is 0 Å². The Hall–Kier alpha value is -1.83. The normalized spacial score (nSPS) is 14.2. The van der Waals surface area contributed by atoms with Crippen molar-refractivity contribution in [3.8, 4) is 0 Å². The van der Waals surface area contributed by atoms with Crippen LogP contribution in [0.1, 0.15) is 58.3 Å². The molecule has 0 saturated heterocycles. The van der Waals surface area contributed by atoms with E-state index in [1.165, 1.54) is 0 Å². The van der Waals surface area contributed by atoms with Crippen LogP contribution in [-0.4, -0.2) is 80.6 Å². The minimum absolute atomic E-state index is 0.156. The molecule has 1 aromatic rings. The fourth-order valence-electron chi connectivity index (χ4n) is 3.77. The van der Waals surface area contributed by atoms with Crippen LogP contribution in [0.15, 0.2) is 14.4 Å². The van der Waals surface area contributed by atoms with Crippen molar-refractivity contribution >= 4 is 0 Å². The summed E-state index contributed by atoms with van der Waals surface area (Å²) < 4.78 is 2.44. The molecular formula is C23H46N6O6. The third-order valence-corrected chi connectivity index (χ3v) is 5.94. The van der Waals surface area contributed by atoms with Gasteiger partial charge in [0.15, 0.2) is 0 Å². The zero-order valence-corrected chi connectivity index (χ0v) is 21.3. The molecular weight excluding hydrogens is 456 g/mol. The summed E-state index contributed by atoms with van der Waals surface area (Å²) in [7, 11) is 1.90. The number of rotatable bonds is 20. The van der Waals surface area contributed by atoms with E-state index >= 15 is 0 Å². The van der Waals surface area contributed by atoms with E-state index in [4.69, 9.17) is 5.73 Å². The molecule has 0 aromatic carbocycles. The number of aliphatic hydroxyl groups is 3. The summed E-state index contributed by atoms with van der Waals surface area (Å²) in [6, 6.07) is 0. The number of nitrogens with one attached hydrogen (secondary N) is 2. The van der Waals surface area contributed by atoms with E-state index in [1.807, 2.05) is 7.05 Å². The van der Waals surface area contributed by atoms with Crippen LogP contribution in [0, 0.1) is 0 Å². The number of hydrogen-bond donors (Lipinski definition) is 6. The summed E-state index contributed by atoms with van der Waals surface area (Å²) in [5.41, 5.74) is 2.83. The Balaban J connectivity index is 3.03. The van der Waals surface area contributed by atoms with E-state index in [9.17, 15) is 29.7 Å². The number of nitrogens with zero attached hydrogens (tertiary/aromatic N) is 3. The Kier molecular flexibility index (Phi) is 15.7. The molecule has 0 aliphatic heterocycles. The molecule has 0 aliphatic rings. The van der Waals surface area contributed by atoms with E-state index in [0.717, 1.165) is 58.8 Å². The van der Waals surface area contributed by atoms with Crippen molar-refractivity contribution in [1.82, 2.24) is 24.3 Å². The van der Waals surface area contributed by atoms with Crippen molar-refractivity contribution < 1.29 is 15.3 Å². The Bertz CT molecular complexity index is 883. The van der Waals surface area contributed by atoms with E-state index < -0.39 is 35.4 Å². The van der Waals surface area contributed by atoms with Gasteiger partial charge in [0.2, 0.25) is 0 Å². The van der Waals surface area contributed by atoms with Crippen molar-refractivity contribution in [3.63, 3.8) is 0 Å². The largest absolute Gasteiger partial charge is 0.391 e. The molecule has 3 atom stereocenters. The molecule has 1 rings (SSSR count). The molecule has 0 amide bonds. The molecule has 0 radical (unpaired) electrons. The third-order valence-electron chi connectivity index (χ3n) is 5.94. The predicted molar refractivity (Wildman–Crippen MR) is 136 cm³/mol. The highest BCUT2D eigenvalue weighted by Crippen LogP contribution is 2.06. The van der Waals surface area contributed by atoms with Gasteiger partial charge < -0.3 is 31.7 Å². The maximum Gasteiger partial charge on any atom is 0.336 e. The lowest BCUT2D eigenvalue weighted by molar-refractivity contribution is 0.122. The standard InChI is InChI=1S/C23H46N6O6/c1-3-18(30)15-27-21(33)28(16-19(31)10-6-4-5-8-12-25-2)23(35)29(22(27)34)17-20(32)14-26-13-9-7-11-24/h18-20,25-26,30-32H,3-17,24H2,1-2H3. The topological polar surface area (TPSA) is 177 Å². The second-order valence-corrected chi connectivity index (χ2v) is 9.06. The molecule has 0 fully saturated rings.